The van der Waals surface area contributed by atoms with Crippen LogP contribution in [-0.4, -0.2) is 63.8 Å². The van der Waals surface area contributed by atoms with Crippen LogP contribution in [-0.2, 0) is 20.9 Å². The number of imide groups is 1. The van der Waals surface area contributed by atoms with Gasteiger partial charge in [-0.25, -0.2) is 0 Å². The first-order chi connectivity index (χ1) is 14.5. The van der Waals surface area contributed by atoms with E-state index in [1.54, 1.807) is 24.0 Å². The van der Waals surface area contributed by atoms with Crippen LogP contribution in [0.4, 0.5) is 4.79 Å². The molecule has 8 heteroatoms. The topological polar surface area (TPSA) is 71.8 Å². The van der Waals surface area contributed by atoms with Crippen LogP contribution in [0.1, 0.15) is 12.5 Å². The number of benzene rings is 1. The van der Waals surface area contributed by atoms with Crippen molar-refractivity contribution in [2.75, 3.05) is 26.3 Å². The second kappa shape index (κ2) is 8.49. The molecule has 3 amide bonds. The van der Waals surface area contributed by atoms with Crippen LogP contribution in [0, 0.1) is 0 Å². The van der Waals surface area contributed by atoms with E-state index in [0.29, 0.717) is 31.2 Å². The fourth-order valence-electron chi connectivity index (χ4n) is 3.66. The van der Waals surface area contributed by atoms with Gasteiger partial charge in [-0.3, -0.25) is 19.3 Å². The van der Waals surface area contributed by atoms with Crippen molar-refractivity contribution < 1.29 is 19.1 Å². The smallest absolute Gasteiger partial charge is 0.294 e. The largest absolute Gasteiger partial charge is 0.378 e. The molecule has 0 N–H and O–H groups in total. The van der Waals surface area contributed by atoms with Crippen LogP contribution >= 0.6 is 11.8 Å². The highest BCUT2D eigenvalue weighted by molar-refractivity contribution is 8.18. The maximum absolute atomic E-state index is 12.7. The normalized spacial score (nSPS) is 19.7. The van der Waals surface area contributed by atoms with Gasteiger partial charge in [-0.2, -0.15) is 0 Å². The van der Waals surface area contributed by atoms with Gasteiger partial charge in [-0.15, -0.1) is 6.58 Å². The SMILES string of the molecule is C=C[C@H](C)N1C(=O)S/C(=C\c2cn(CC(=O)N3CCOCC3)c3ccccc23)C1=O. The third-order valence-corrected chi connectivity index (χ3v) is 6.23. The second-order valence-corrected chi connectivity index (χ2v) is 8.24. The van der Waals surface area contributed by atoms with Crippen molar-refractivity contribution in [1.82, 2.24) is 14.4 Å². The van der Waals surface area contributed by atoms with Gasteiger partial charge in [0.25, 0.3) is 11.1 Å². The molecular formula is C22H23N3O4S. The van der Waals surface area contributed by atoms with E-state index >= 15 is 0 Å². The summed E-state index contributed by atoms with van der Waals surface area (Å²) < 4.78 is 7.22. The van der Waals surface area contributed by atoms with Gasteiger partial charge in [0, 0.05) is 35.8 Å². The van der Waals surface area contributed by atoms with Gasteiger partial charge in [-0.1, -0.05) is 24.3 Å². The summed E-state index contributed by atoms with van der Waals surface area (Å²) in [6.07, 6.45) is 5.18. The number of ether oxygens (including phenoxy) is 1. The molecule has 1 atom stereocenters. The van der Waals surface area contributed by atoms with Crippen molar-refractivity contribution in [3.8, 4) is 0 Å². The number of para-hydroxylation sites is 1. The fourth-order valence-corrected chi connectivity index (χ4v) is 4.56. The van der Waals surface area contributed by atoms with Crippen molar-refractivity contribution >= 4 is 45.8 Å². The number of carbonyl (C=O) groups excluding carboxylic acids is 3. The molecule has 1 aromatic heterocycles. The van der Waals surface area contributed by atoms with E-state index < -0.39 is 0 Å². The number of hydrogen-bond donors (Lipinski definition) is 0. The summed E-state index contributed by atoms with van der Waals surface area (Å²) in [7, 11) is 0. The summed E-state index contributed by atoms with van der Waals surface area (Å²) >= 11 is 0.927. The number of aromatic nitrogens is 1. The van der Waals surface area contributed by atoms with Gasteiger partial charge in [0.1, 0.15) is 6.54 Å². The Labute approximate surface area is 178 Å². The molecule has 0 bridgehead atoms. The minimum Gasteiger partial charge on any atom is -0.378 e. The molecular weight excluding hydrogens is 402 g/mol. The summed E-state index contributed by atoms with van der Waals surface area (Å²) in [5.74, 6) is -0.288. The number of morpholine rings is 1. The number of hydrogen-bond acceptors (Lipinski definition) is 5. The minimum absolute atomic E-state index is 0.0331. The molecule has 2 aliphatic heterocycles. The van der Waals surface area contributed by atoms with E-state index in [1.807, 2.05) is 35.0 Å². The van der Waals surface area contributed by atoms with Crippen LogP contribution < -0.4 is 0 Å². The van der Waals surface area contributed by atoms with Gasteiger partial charge < -0.3 is 14.2 Å². The summed E-state index contributed by atoms with van der Waals surface area (Å²) in [5.41, 5.74) is 1.71. The minimum atomic E-state index is -0.365. The molecule has 0 aliphatic carbocycles. The van der Waals surface area contributed by atoms with E-state index in [9.17, 15) is 14.4 Å². The first-order valence-electron chi connectivity index (χ1n) is 9.82. The van der Waals surface area contributed by atoms with Crippen molar-refractivity contribution in [3.05, 3.63) is 53.6 Å². The number of thioether (sulfide) groups is 1. The Balaban J connectivity index is 1.65. The third-order valence-electron chi connectivity index (χ3n) is 5.35. The van der Waals surface area contributed by atoms with Crippen LogP contribution in [0.5, 0.6) is 0 Å². The molecule has 0 radical (unpaired) electrons. The summed E-state index contributed by atoms with van der Waals surface area (Å²) in [4.78, 5) is 41.1. The van der Waals surface area contributed by atoms with Gasteiger partial charge in [-0.05, 0) is 30.8 Å². The van der Waals surface area contributed by atoms with E-state index in [1.165, 1.54) is 4.90 Å². The van der Waals surface area contributed by atoms with Crippen LogP contribution in [0.3, 0.4) is 0 Å². The second-order valence-electron chi connectivity index (χ2n) is 7.25. The highest BCUT2D eigenvalue weighted by Crippen LogP contribution is 2.35. The Morgan fingerprint density at radius 3 is 2.73 bits per heavy atom. The average Bonchev–Trinajstić information content (AvgIpc) is 3.25. The first kappa shape index (κ1) is 20.4. The number of amides is 3. The van der Waals surface area contributed by atoms with Crippen molar-refractivity contribution in [3.63, 3.8) is 0 Å². The van der Waals surface area contributed by atoms with Gasteiger partial charge in [0.15, 0.2) is 0 Å². The summed E-state index contributed by atoms with van der Waals surface area (Å²) in [5, 5.41) is 0.626. The molecule has 0 saturated carbocycles. The Kier molecular flexibility index (Phi) is 5.78. The monoisotopic (exact) mass is 425 g/mol. The van der Waals surface area contributed by atoms with Gasteiger partial charge in [0.2, 0.25) is 5.91 Å². The molecule has 2 fully saturated rings. The van der Waals surface area contributed by atoms with Crippen LogP contribution in [0.2, 0.25) is 0 Å². The molecule has 4 rings (SSSR count). The standard InChI is InChI=1S/C22H23N3O4S/c1-3-15(2)25-21(27)19(30-22(25)28)12-16-13-24(18-7-5-4-6-17(16)18)14-20(26)23-8-10-29-11-9-23/h3-7,12-13,15H,1,8-11,14H2,2H3/b19-12-/t15-/m0/s1. The number of fused-ring (bicyclic) bond motifs is 1. The van der Waals surface area contributed by atoms with Gasteiger partial charge in [0.05, 0.1) is 24.2 Å². The number of nitrogens with zero attached hydrogens (tertiary/aromatic N) is 3. The molecule has 7 nitrogen and oxygen atoms in total. The average molecular weight is 426 g/mol. The third kappa shape index (κ3) is 3.80. The molecule has 2 aromatic rings. The fraction of sp³-hybridized carbons (Fsp3) is 0.318. The van der Waals surface area contributed by atoms with E-state index in [0.717, 1.165) is 28.2 Å². The molecule has 3 heterocycles. The molecule has 156 valence electrons. The Morgan fingerprint density at radius 2 is 2.00 bits per heavy atom. The molecule has 0 unspecified atom stereocenters. The zero-order valence-corrected chi connectivity index (χ0v) is 17.6. The highest BCUT2D eigenvalue weighted by Gasteiger charge is 2.37. The molecule has 2 saturated heterocycles. The highest BCUT2D eigenvalue weighted by atomic mass is 32.2. The lowest BCUT2D eigenvalue weighted by Gasteiger charge is -2.27. The van der Waals surface area contributed by atoms with E-state index in [-0.39, 0.29) is 29.6 Å². The van der Waals surface area contributed by atoms with Crippen molar-refractivity contribution in [2.24, 2.45) is 0 Å². The summed E-state index contributed by atoms with van der Waals surface area (Å²) in [6.45, 7) is 7.95. The zero-order valence-electron chi connectivity index (χ0n) is 16.7. The van der Waals surface area contributed by atoms with Crippen LogP contribution in [0.25, 0.3) is 17.0 Å². The molecule has 0 spiro atoms. The van der Waals surface area contributed by atoms with Gasteiger partial charge >= 0.3 is 0 Å². The van der Waals surface area contributed by atoms with E-state index in [2.05, 4.69) is 6.58 Å². The van der Waals surface area contributed by atoms with Crippen LogP contribution in [0.15, 0.2) is 48.0 Å². The molecule has 30 heavy (non-hydrogen) atoms. The summed E-state index contributed by atoms with van der Waals surface area (Å²) in [6, 6.07) is 7.37. The number of carbonyl (C=O) groups is 3. The van der Waals surface area contributed by atoms with Crippen molar-refractivity contribution in [1.29, 1.82) is 0 Å². The first-order valence-corrected chi connectivity index (χ1v) is 10.6. The molecule has 1 aromatic carbocycles. The van der Waals surface area contributed by atoms with E-state index in [4.69, 9.17) is 4.74 Å². The Morgan fingerprint density at radius 1 is 1.27 bits per heavy atom. The zero-order chi connectivity index (χ0) is 21.3. The maximum Gasteiger partial charge on any atom is 0.294 e. The predicted molar refractivity (Wildman–Crippen MR) is 117 cm³/mol. The maximum atomic E-state index is 12.7. The lowest BCUT2D eigenvalue weighted by Crippen LogP contribution is -2.42. The Bertz CT molecular complexity index is 1050. The lowest BCUT2D eigenvalue weighted by atomic mass is 10.1. The van der Waals surface area contributed by atoms with Crippen molar-refractivity contribution in [2.45, 2.75) is 19.5 Å². The lowest BCUT2D eigenvalue weighted by molar-refractivity contribution is -0.135. The quantitative estimate of drug-likeness (QED) is 0.544. The molecule has 2 aliphatic rings. The number of rotatable bonds is 5. The predicted octanol–water partition coefficient (Wildman–Crippen LogP) is 3.11. The Hall–Kier alpha value is -2.84.